The van der Waals surface area contributed by atoms with Crippen LogP contribution < -0.4 is 23.7 Å². The van der Waals surface area contributed by atoms with Crippen molar-refractivity contribution in [3.63, 3.8) is 0 Å². The van der Waals surface area contributed by atoms with Gasteiger partial charge in [0, 0.05) is 29.0 Å². The number of carbonyl (C=O) groups excluding carboxylic acids is 1. The van der Waals surface area contributed by atoms with Crippen LogP contribution in [0.5, 0.6) is 40.2 Å². The number of benzene rings is 4. The van der Waals surface area contributed by atoms with E-state index in [9.17, 15) is 15.0 Å². The summed E-state index contributed by atoms with van der Waals surface area (Å²) in [5, 5.41) is 24.6. The SMILES string of the molecule is COc1ccc(OC)c2c(OC(C)=O)c(C)c(-c3c(C)c(Br)c(O)c4c(OC)ccc(OC)c34)c(O)c12. The van der Waals surface area contributed by atoms with Crippen molar-refractivity contribution in [2.24, 2.45) is 0 Å². The molecule has 0 saturated heterocycles. The second kappa shape index (κ2) is 9.89. The van der Waals surface area contributed by atoms with Crippen LogP contribution in [0.3, 0.4) is 0 Å². The average Bonchev–Trinajstić information content (AvgIpc) is 2.89. The average molecular weight is 571 g/mol. The lowest BCUT2D eigenvalue weighted by molar-refractivity contribution is -0.131. The maximum absolute atomic E-state index is 12.2. The number of phenols is 2. The Bertz CT molecular complexity index is 1580. The Labute approximate surface area is 222 Å². The lowest BCUT2D eigenvalue weighted by Gasteiger charge is -2.24. The van der Waals surface area contributed by atoms with Crippen molar-refractivity contribution in [2.75, 3.05) is 28.4 Å². The quantitative estimate of drug-likeness (QED) is 0.202. The van der Waals surface area contributed by atoms with Crippen molar-refractivity contribution < 1.29 is 38.7 Å². The van der Waals surface area contributed by atoms with Crippen LogP contribution in [-0.2, 0) is 4.79 Å². The molecule has 194 valence electrons. The predicted octanol–water partition coefficient (Wildman–Crippen LogP) is 6.41. The molecule has 0 unspecified atom stereocenters. The molecule has 4 aromatic carbocycles. The first-order valence-corrected chi connectivity index (χ1v) is 12.1. The number of halogens is 1. The lowest BCUT2D eigenvalue weighted by atomic mass is 9.86. The highest BCUT2D eigenvalue weighted by Crippen LogP contribution is 2.56. The molecular weight excluding hydrogens is 544 g/mol. The summed E-state index contributed by atoms with van der Waals surface area (Å²) in [6, 6.07) is 6.76. The molecule has 0 aliphatic heterocycles. The van der Waals surface area contributed by atoms with E-state index in [1.165, 1.54) is 35.4 Å². The molecule has 0 radical (unpaired) electrons. The molecule has 9 heteroatoms. The standard InChI is InChI=1S/C28H27BrO8/c1-12-19(21-15(33-4)8-9-16(34-5)22(21)27(32)25(12)29)20-13(2)28(37-14(3)30)24-18(36-7)11-10-17(35-6)23(24)26(20)31/h8-11,31-32H,1-7H3. The molecule has 4 rings (SSSR count). The van der Waals surface area contributed by atoms with Crippen LogP contribution in [-0.4, -0.2) is 44.6 Å². The zero-order chi connectivity index (χ0) is 27.2. The number of fused-ring (bicyclic) bond motifs is 2. The van der Waals surface area contributed by atoms with Crippen molar-refractivity contribution in [1.29, 1.82) is 0 Å². The monoisotopic (exact) mass is 570 g/mol. The second-order valence-corrected chi connectivity index (χ2v) is 9.17. The first kappa shape index (κ1) is 26.2. The van der Waals surface area contributed by atoms with Crippen molar-refractivity contribution in [1.82, 2.24) is 0 Å². The van der Waals surface area contributed by atoms with E-state index in [1.54, 1.807) is 38.1 Å². The van der Waals surface area contributed by atoms with E-state index in [0.717, 1.165) is 0 Å². The topological polar surface area (TPSA) is 104 Å². The van der Waals surface area contributed by atoms with Crippen LogP contribution in [0.2, 0.25) is 0 Å². The molecule has 0 aliphatic carbocycles. The minimum atomic E-state index is -0.543. The van der Waals surface area contributed by atoms with Gasteiger partial charge in [-0.1, -0.05) is 0 Å². The van der Waals surface area contributed by atoms with Crippen LogP contribution >= 0.6 is 15.9 Å². The highest BCUT2D eigenvalue weighted by Gasteiger charge is 2.30. The zero-order valence-corrected chi connectivity index (χ0v) is 23.1. The van der Waals surface area contributed by atoms with Crippen molar-refractivity contribution >= 4 is 43.4 Å². The molecule has 8 nitrogen and oxygen atoms in total. The number of ether oxygens (including phenoxy) is 5. The zero-order valence-electron chi connectivity index (χ0n) is 21.5. The van der Waals surface area contributed by atoms with Gasteiger partial charge in [0.1, 0.15) is 40.2 Å². The summed E-state index contributed by atoms with van der Waals surface area (Å²) < 4.78 is 28.5. The van der Waals surface area contributed by atoms with Gasteiger partial charge in [-0.3, -0.25) is 4.79 Å². The van der Waals surface area contributed by atoms with Crippen LogP contribution in [0.4, 0.5) is 0 Å². The number of methoxy groups -OCH3 is 4. The molecule has 2 N–H and O–H groups in total. The van der Waals surface area contributed by atoms with Crippen LogP contribution in [0, 0.1) is 13.8 Å². The van der Waals surface area contributed by atoms with Crippen molar-refractivity contribution in [3.8, 4) is 51.4 Å². The van der Waals surface area contributed by atoms with Gasteiger partial charge in [-0.05, 0) is 59.6 Å². The number of aromatic hydroxyl groups is 2. The number of esters is 1. The van der Waals surface area contributed by atoms with E-state index in [4.69, 9.17) is 23.7 Å². The molecule has 4 aromatic rings. The molecular formula is C28H27BrO8. The van der Waals surface area contributed by atoms with E-state index in [-0.39, 0.29) is 17.2 Å². The summed E-state index contributed by atoms with van der Waals surface area (Å²) in [5.74, 6) is 1.12. The third-order valence-electron chi connectivity index (χ3n) is 6.45. The molecule has 0 spiro atoms. The van der Waals surface area contributed by atoms with Gasteiger partial charge >= 0.3 is 5.97 Å². The summed E-state index contributed by atoms with van der Waals surface area (Å²) in [7, 11) is 6.00. The minimum Gasteiger partial charge on any atom is -0.506 e. The van der Waals surface area contributed by atoms with Gasteiger partial charge in [-0.25, -0.2) is 0 Å². The number of phenolic OH excluding ortho intramolecular Hbond substituents is 2. The molecule has 0 bridgehead atoms. The van der Waals surface area contributed by atoms with E-state index < -0.39 is 5.97 Å². The van der Waals surface area contributed by atoms with Crippen LogP contribution in [0.25, 0.3) is 32.7 Å². The van der Waals surface area contributed by atoms with E-state index in [0.29, 0.717) is 71.3 Å². The molecule has 0 aromatic heterocycles. The first-order chi connectivity index (χ1) is 17.6. The van der Waals surface area contributed by atoms with E-state index in [2.05, 4.69) is 15.9 Å². The highest BCUT2D eigenvalue weighted by molar-refractivity contribution is 9.10. The minimum absolute atomic E-state index is 0.0376. The highest BCUT2D eigenvalue weighted by atomic mass is 79.9. The summed E-state index contributed by atoms with van der Waals surface area (Å²) in [5.41, 5.74) is 2.00. The number of rotatable bonds is 6. The van der Waals surface area contributed by atoms with Gasteiger partial charge in [-0.2, -0.15) is 0 Å². The van der Waals surface area contributed by atoms with Gasteiger partial charge in [0.15, 0.2) is 0 Å². The fraction of sp³-hybridized carbons (Fsp3) is 0.250. The number of carbonyl (C=O) groups is 1. The predicted molar refractivity (Wildman–Crippen MR) is 145 cm³/mol. The van der Waals surface area contributed by atoms with E-state index in [1.807, 2.05) is 0 Å². The molecule has 0 fully saturated rings. The largest absolute Gasteiger partial charge is 0.506 e. The Morgan fingerprint density at radius 1 is 0.676 bits per heavy atom. The molecule has 0 atom stereocenters. The summed E-state index contributed by atoms with van der Waals surface area (Å²) >= 11 is 3.51. The Kier molecular flexibility index (Phi) is 7.01. The van der Waals surface area contributed by atoms with Gasteiger partial charge in [0.2, 0.25) is 0 Å². The maximum Gasteiger partial charge on any atom is 0.308 e. The first-order valence-electron chi connectivity index (χ1n) is 11.3. The normalized spacial score (nSPS) is 11.0. The fourth-order valence-corrected chi connectivity index (χ4v) is 5.23. The maximum atomic E-state index is 12.2. The Morgan fingerprint density at radius 2 is 1.11 bits per heavy atom. The molecule has 37 heavy (non-hydrogen) atoms. The van der Waals surface area contributed by atoms with Crippen molar-refractivity contribution in [2.45, 2.75) is 20.8 Å². The smallest absolute Gasteiger partial charge is 0.308 e. The molecule has 0 amide bonds. The lowest BCUT2D eigenvalue weighted by Crippen LogP contribution is -2.06. The Hall–Kier alpha value is -3.85. The third kappa shape index (κ3) is 3.94. The Morgan fingerprint density at radius 3 is 1.57 bits per heavy atom. The van der Waals surface area contributed by atoms with Gasteiger partial charge < -0.3 is 33.9 Å². The van der Waals surface area contributed by atoms with Gasteiger partial charge in [0.25, 0.3) is 0 Å². The van der Waals surface area contributed by atoms with Gasteiger partial charge in [0.05, 0.1) is 49.1 Å². The van der Waals surface area contributed by atoms with Crippen molar-refractivity contribution in [3.05, 3.63) is 39.9 Å². The second-order valence-electron chi connectivity index (χ2n) is 8.37. The van der Waals surface area contributed by atoms with Crippen LogP contribution in [0.15, 0.2) is 28.7 Å². The Balaban J connectivity index is 2.37. The van der Waals surface area contributed by atoms with Gasteiger partial charge in [-0.15, -0.1) is 0 Å². The van der Waals surface area contributed by atoms with E-state index >= 15 is 0 Å². The number of hydrogen-bond donors (Lipinski definition) is 2. The summed E-state index contributed by atoms with van der Waals surface area (Å²) in [4.78, 5) is 12.2. The third-order valence-corrected chi connectivity index (χ3v) is 7.42. The summed E-state index contributed by atoms with van der Waals surface area (Å²) in [6.07, 6.45) is 0. The number of hydrogen-bond acceptors (Lipinski definition) is 8. The van der Waals surface area contributed by atoms with Crippen LogP contribution in [0.1, 0.15) is 18.1 Å². The summed E-state index contributed by atoms with van der Waals surface area (Å²) in [6.45, 7) is 4.84. The molecule has 0 heterocycles. The molecule has 0 aliphatic rings. The molecule has 0 saturated carbocycles. The fourth-order valence-electron chi connectivity index (χ4n) is 4.83.